The molecular weight excluding hydrogens is 326 g/mol. The number of aromatic nitrogens is 4. The highest BCUT2D eigenvalue weighted by molar-refractivity contribution is 7.18. The van der Waals surface area contributed by atoms with Crippen molar-refractivity contribution in [3.05, 3.63) is 28.8 Å². The van der Waals surface area contributed by atoms with Crippen LogP contribution in [-0.2, 0) is 0 Å². The summed E-state index contributed by atoms with van der Waals surface area (Å²) in [5.41, 5.74) is 1.94. The van der Waals surface area contributed by atoms with E-state index < -0.39 is 0 Å². The van der Waals surface area contributed by atoms with E-state index in [-0.39, 0.29) is 6.61 Å². The molecule has 0 aliphatic heterocycles. The Morgan fingerprint density at radius 2 is 2.21 bits per heavy atom. The van der Waals surface area contributed by atoms with Crippen LogP contribution in [0.1, 0.15) is 16.9 Å². The van der Waals surface area contributed by atoms with Gasteiger partial charge in [-0.1, -0.05) is 0 Å². The Kier molecular flexibility index (Phi) is 3.70. The molecule has 4 heterocycles. The van der Waals surface area contributed by atoms with Crippen molar-refractivity contribution in [2.45, 2.75) is 20.3 Å². The van der Waals surface area contributed by atoms with Gasteiger partial charge >= 0.3 is 0 Å². The zero-order valence-electron chi connectivity index (χ0n) is 13.4. The van der Waals surface area contributed by atoms with Gasteiger partial charge in [0.1, 0.15) is 4.83 Å². The number of fused-ring (bicyclic) bond motifs is 3. The smallest absolute Gasteiger partial charge is 0.227 e. The van der Waals surface area contributed by atoms with Gasteiger partial charge in [-0.05, 0) is 38.0 Å². The first-order valence-corrected chi connectivity index (χ1v) is 8.55. The van der Waals surface area contributed by atoms with E-state index in [1.807, 2.05) is 12.1 Å². The number of nitrogens with zero attached hydrogens (tertiary/aromatic N) is 4. The molecule has 0 amide bonds. The maximum Gasteiger partial charge on any atom is 0.227 e. The second-order valence-electron chi connectivity index (χ2n) is 5.55. The number of furan rings is 1. The zero-order valence-corrected chi connectivity index (χ0v) is 14.2. The third-order valence-electron chi connectivity index (χ3n) is 3.97. The molecule has 124 valence electrons. The summed E-state index contributed by atoms with van der Waals surface area (Å²) in [6.07, 6.45) is 2.25. The number of anilines is 1. The molecule has 0 saturated carbocycles. The van der Waals surface area contributed by atoms with Gasteiger partial charge in [-0.3, -0.25) is 0 Å². The lowest BCUT2D eigenvalue weighted by Gasteiger charge is -2.06. The Hall–Kier alpha value is -2.45. The number of nitrogens with one attached hydrogen (secondary N) is 1. The number of rotatable bonds is 5. The highest BCUT2D eigenvalue weighted by atomic mass is 32.1. The normalized spacial score (nSPS) is 11.6. The van der Waals surface area contributed by atoms with Gasteiger partial charge in [-0.25, -0.2) is 9.97 Å². The minimum absolute atomic E-state index is 0.130. The molecule has 0 aromatic carbocycles. The van der Waals surface area contributed by atoms with E-state index in [1.54, 1.807) is 22.1 Å². The molecule has 0 aliphatic rings. The number of aliphatic hydroxyl groups excluding tert-OH is 1. The van der Waals surface area contributed by atoms with E-state index in [0.29, 0.717) is 30.5 Å². The standard InChI is InChI=1S/C16H17N5O2S/c1-9-10(2)24-15-12(9)14-18-13(11-5-3-8-23-11)20-21(14)16(19-15)17-6-4-7-22/h3,5,8,22H,4,6-7H2,1-2H3,(H,17,19). The Morgan fingerprint density at radius 1 is 1.33 bits per heavy atom. The molecule has 8 heteroatoms. The van der Waals surface area contributed by atoms with Crippen molar-refractivity contribution in [2.75, 3.05) is 18.5 Å². The van der Waals surface area contributed by atoms with Gasteiger partial charge in [0.2, 0.25) is 11.8 Å². The van der Waals surface area contributed by atoms with Gasteiger partial charge in [0, 0.05) is 18.0 Å². The van der Waals surface area contributed by atoms with Crippen molar-refractivity contribution in [2.24, 2.45) is 0 Å². The minimum Gasteiger partial charge on any atom is -0.461 e. The van der Waals surface area contributed by atoms with E-state index in [4.69, 9.17) is 14.5 Å². The van der Waals surface area contributed by atoms with Crippen LogP contribution in [-0.4, -0.2) is 37.8 Å². The summed E-state index contributed by atoms with van der Waals surface area (Å²) >= 11 is 1.65. The molecule has 0 atom stereocenters. The summed E-state index contributed by atoms with van der Waals surface area (Å²) in [6.45, 7) is 4.91. The molecule has 4 rings (SSSR count). The molecule has 2 N–H and O–H groups in total. The number of hydrogen-bond acceptors (Lipinski definition) is 7. The molecule has 7 nitrogen and oxygen atoms in total. The predicted molar refractivity (Wildman–Crippen MR) is 93.5 cm³/mol. The number of thiophene rings is 1. The predicted octanol–water partition coefficient (Wildman–Crippen LogP) is 3.01. The van der Waals surface area contributed by atoms with Crippen LogP contribution in [0.4, 0.5) is 5.95 Å². The van der Waals surface area contributed by atoms with Crippen LogP contribution >= 0.6 is 11.3 Å². The highest BCUT2D eigenvalue weighted by Crippen LogP contribution is 2.33. The average molecular weight is 343 g/mol. The Balaban J connectivity index is 1.95. The minimum atomic E-state index is 0.130. The molecular formula is C16H17N5O2S. The third kappa shape index (κ3) is 2.35. The van der Waals surface area contributed by atoms with Crippen molar-refractivity contribution < 1.29 is 9.52 Å². The molecule has 0 radical (unpaired) electrons. The second-order valence-corrected chi connectivity index (χ2v) is 6.75. The molecule has 0 saturated heterocycles. The molecule has 0 unspecified atom stereocenters. The molecule has 0 aliphatic carbocycles. The van der Waals surface area contributed by atoms with Gasteiger partial charge in [0.15, 0.2) is 11.4 Å². The average Bonchev–Trinajstić information content (AvgIpc) is 3.27. The number of aryl methyl sites for hydroxylation is 2. The molecule has 0 bridgehead atoms. The van der Waals surface area contributed by atoms with E-state index in [9.17, 15) is 0 Å². The summed E-state index contributed by atoms with van der Waals surface area (Å²) in [5.74, 6) is 1.78. The Labute approximate surface area is 142 Å². The van der Waals surface area contributed by atoms with Crippen LogP contribution in [0.2, 0.25) is 0 Å². The van der Waals surface area contributed by atoms with Crippen molar-refractivity contribution >= 4 is 33.1 Å². The maximum absolute atomic E-state index is 8.99. The van der Waals surface area contributed by atoms with Crippen molar-refractivity contribution in [1.29, 1.82) is 0 Å². The fraction of sp³-hybridized carbons (Fsp3) is 0.312. The summed E-state index contributed by atoms with van der Waals surface area (Å²) in [6, 6.07) is 3.65. The van der Waals surface area contributed by atoms with Crippen LogP contribution < -0.4 is 5.32 Å². The van der Waals surface area contributed by atoms with E-state index in [1.165, 1.54) is 10.4 Å². The SMILES string of the molecule is Cc1sc2nc(NCCCO)n3nc(-c4ccco4)nc3c2c1C. The summed E-state index contributed by atoms with van der Waals surface area (Å²) in [4.78, 5) is 11.5. The van der Waals surface area contributed by atoms with Gasteiger partial charge < -0.3 is 14.8 Å². The topological polar surface area (TPSA) is 88.5 Å². The molecule has 0 fully saturated rings. The molecule has 4 aromatic rings. The van der Waals surface area contributed by atoms with E-state index in [2.05, 4.69) is 29.2 Å². The first-order chi connectivity index (χ1) is 11.7. The zero-order chi connectivity index (χ0) is 16.7. The van der Waals surface area contributed by atoms with Crippen molar-refractivity contribution in [3.63, 3.8) is 0 Å². The van der Waals surface area contributed by atoms with Crippen LogP contribution in [0.5, 0.6) is 0 Å². The Bertz CT molecular complexity index is 1000. The van der Waals surface area contributed by atoms with Crippen molar-refractivity contribution in [3.8, 4) is 11.6 Å². The summed E-state index contributed by atoms with van der Waals surface area (Å²) < 4.78 is 7.14. The molecule has 4 aromatic heterocycles. The first kappa shape index (κ1) is 15.1. The van der Waals surface area contributed by atoms with Gasteiger partial charge in [0.05, 0.1) is 11.6 Å². The second kappa shape index (κ2) is 5.88. The van der Waals surface area contributed by atoms with Crippen LogP contribution in [0, 0.1) is 13.8 Å². The Morgan fingerprint density at radius 3 is 2.96 bits per heavy atom. The largest absolute Gasteiger partial charge is 0.461 e. The van der Waals surface area contributed by atoms with Crippen LogP contribution in [0.15, 0.2) is 22.8 Å². The fourth-order valence-electron chi connectivity index (χ4n) is 2.62. The van der Waals surface area contributed by atoms with Gasteiger partial charge in [0.25, 0.3) is 0 Å². The lowest BCUT2D eigenvalue weighted by atomic mass is 10.2. The monoisotopic (exact) mass is 343 g/mol. The van der Waals surface area contributed by atoms with Gasteiger partial charge in [-0.2, -0.15) is 4.52 Å². The van der Waals surface area contributed by atoms with E-state index in [0.717, 1.165) is 15.9 Å². The number of hydrogen-bond donors (Lipinski definition) is 2. The summed E-state index contributed by atoms with van der Waals surface area (Å²) in [7, 11) is 0. The third-order valence-corrected chi connectivity index (χ3v) is 5.07. The lowest BCUT2D eigenvalue weighted by molar-refractivity contribution is 0.292. The first-order valence-electron chi connectivity index (χ1n) is 7.74. The van der Waals surface area contributed by atoms with Crippen LogP contribution in [0.3, 0.4) is 0 Å². The quantitative estimate of drug-likeness (QED) is 0.542. The van der Waals surface area contributed by atoms with E-state index >= 15 is 0 Å². The highest BCUT2D eigenvalue weighted by Gasteiger charge is 2.19. The lowest BCUT2D eigenvalue weighted by Crippen LogP contribution is -2.10. The number of aliphatic hydroxyl groups is 1. The fourth-order valence-corrected chi connectivity index (χ4v) is 3.64. The van der Waals surface area contributed by atoms with Crippen LogP contribution in [0.25, 0.3) is 27.4 Å². The molecule has 24 heavy (non-hydrogen) atoms. The maximum atomic E-state index is 8.99. The molecule has 0 spiro atoms. The van der Waals surface area contributed by atoms with Crippen molar-refractivity contribution in [1.82, 2.24) is 19.6 Å². The van der Waals surface area contributed by atoms with Gasteiger partial charge in [-0.15, -0.1) is 16.4 Å². The summed E-state index contributed by atoms with van der Waals surface area (Å²) in [5, 5.41) is 17.8.